The Bertz CT molecular complexity index is 1230. The van der Waals surface area contributed by atoms with Crippen LogP contribution in [-0.4, -0.2) is 26.5 Å². The molecular weight excluding hydrogens is 395 g/mol. The first-order valence-electron chi connectivity index (χ1n) is 10.3. The lowest BCUT2D eigenvalue weighted by atomic mass is 10.1. The molecule has 31 heavy (non-hydrogen) atoms. The van der Waals surface area contributed by atoms with E-state index >= 15 is 0 Å². The molecule has 3 N–H and O–H groups in total. The summed E-state index contributed by atoms with van der Waals surface area (Å²) < 4.78 is 16.0. The number of nitrogens with zero attached hydrogens (tertiary/aromatic N) is 3. The zero-order valence-electron chi connectivity index (χ0n) is 17.2. The molecule has 2 aliphatic rings. The Labute approximate surface area is 179 Å². The zero-order valence-corrected chi connectivity index (χ0v) is 17.2. The number of nitrogens with one attached hydrogen (secondary N) is 3. The minimum Gasteiger partial charge on any atom is -0.367 e. The number of allylic oxidation sites excluding steroid dienone is 1. The lowest BCUT2D eigenvalue weighted by Gasteiger charge is -2.17. The van der Waals surface area contributed by atoms with Gasteiger partial charge in [-0.25, -0.2) is 9.37 Å². The molecule has 3 aromatic rings. The van der Waals surface area contributed by atoms with E-state index in [1.807, 2.05) is 25.1 Å². The number of anilines is 2. The van der Waals surface area contributed by atoms with E-state index in [4.69, 9.17) is 4.98 Å². The number of benzene rings is 1. The number of carbonyl (C=O) groups is 1. The molecule has 1 aliphatic carbocycles. The lowest BCUT2D eigenvalue weighted by Crippen LogP contribution is -2.13. The predicted octanol–water partition coefficient (Wildman–Crippen LogP) is 4.03. The third-order valence-electron chi connectivity index (χ3n) is 5.52. The number of carbonyl (C=O) groups excluding carboxylic acids is 1. The van der Waals surface area contributed by atoms with E-state index in [0.717, 1.165) is 29.8 Å². The molecule has 2 fully saturated rings. The van der Waals surface area contributed by atoms with Crippen LogP contribution >= 0.6 is 0 Å². The Morgan fingerprint density at radius 1 is 1.35 bits per heavy atom. The van der Waals surface area contributed by atoms with Crippen molar-refractivity contribution >= 4 is 29.3 Å². The summed E-state index contributed by atoms with van der Waals surface area (Å²) in [6.07, 6.45) is 6.13. The highest BCUT2D eigenvalue weighted by molar-refractivity contribution is 5.89. The highest BCUT2D eigenvalue weighted by Crippen LogP contribution is 2.30. The molecule has 1 saturated carbocycles. The van der Waals surface area contributed by atoms with Gasteiger partial charge in [0.2, 0.25) is 5.91 Å². The van der Waals surface area contributed by atoms with Gasteiger partial charge < -0.3 is 16.0 Å². The molecule has 2 aromatic heterocycles. The minimum atomic E-state index is -0.272. The van der Waals surface area contributed by atoms with Gasteiger partial charge in [0, 0.05) is 28.9 Å². The molecule has 0 radical (unpaired) electrons. The zero-order chi connectivity index (χ0) is 21.5. The first-order chi connectivity index (χ1) is 15.0. The molecule has 1 amide bonds. The summed E-state index contributed by atoms with van der Waals surface area (Å²) in [5.74, 6) is 1.11. The molecule has 158 valence electrons. The van der Waals surface area contributed by atoms with Gasteiger partial charge in [-0.05, 0) is 37.5 Å². The molecule has 1 unspecified atom stereocenters. The number of amides is 1. The van der Waals surface area contributed by atoms with Crippen molar-refractivity contribution in [1.29, 1.82) is 0 Å². The van der Waals surface area contributed by atoms with Crippen molar-refractivity contribution in [3.63, 3.8) is 0 Å². The Balaban J connectivity index is 1.54. The summed E-state index contributed by atoms with van der Waals surface area (Å²) >= 11 is 0. The van der Waals surface area contributed by atoms with Gasteiger partial charge in [0.25, 0.3) is 0 Å². The van der Waals surface area contributed by atoms with Gasteiger partial charge >= 0.3 is 0 Å². The maximum absolute atomic E-state index is 14.2. The van der Waals surface area contributed by atoms with Crippen LogP contribution in [0.4, 0.5) is 16.0 Å². The molecule has 1 saturated heterocycles. The standard InChI is InChI=1S/C23H23FN6O/c1-13-15(10-22(31)27-13)9-16-12-25-30-21(28-17-7-8-17)11-20(29-23(16)30)26-14(2)18-5-3-4-6-19(18)24/h3-6,9,11-12,14,17,28H,1,7-8,10H2,2H3,(H,26,29)(H,27,31)/b15-9+. The second-order valence-electron chi connectivity index (χ2n) is 8.04. The van der Waals surface area contributed by atoms with Crippen molar-refractivity contribution in [2.24, 2.45) is 0 Å². The second kappa shape index (κ2) is 7.54. The van der Waals surface area contributed by atoms with Gasteiger partial charge in [-0.1, -0.05) is 24.8 Å². The maximum atomic E-state index is 14.2. The SMILES string of the molecule is C=C1NC(=O)C/C1=C\c1cnn2c(NC3CC3)cc(NC(C)c3ccccc3F)nc12. The summed E-state index contributed by atoms with van der Waals surface area (Å²) in [5, 5.41) is 14.0. The molecule has 7 nitrogen and oxygen atoms in total. The van der Waals surface area contributed by atoms with E-state index in [1.165, 1.54) is 6.07 Å². The highest BCUT2D eigenvalue weighted by atomic mass is 19.1. The Hall–Kier alpha value is -3.68. The molecule has 1 aliphatic heterocycles. The Kier molecular flexibility index (Phi) is 4.69. The predicted molar refractivity (Wildman–Crippen MR) is 118 cm³/mol. The van der Waals surface area contributed by atoms with E-state index in [2.05, 4.69) is 27.6 Å². The first kappa shape index (κ1) is 19.3. The van der Waals surface area contributed by atoms with Crippen molar-refractivity contribution in [1.82, 2.24) is 19.9 Å². The van der Waals surface area contributed by atoms with E-state index < -0.39 is 0 Å². The fraction of sp³-hybridized carbons (Fsp3) is 0.261. The smallest absolute Gasteiger partial charge is 0.228 e. The van der Waals surface area contributed by atoms with Crippen LogP contribution in [0.1, 0.15) is 43.4 Å². The third-order valence-corrected chi connectivity index (χ3v) is 5.52. The van der Waals surface area contributed by atoms with E-state index in [0.29, 0.717) is 28.8 Å². The Morgan fingerprint density at radius 2 is 2.16 bits per heavy atom. The number of hydrogen-bond donors (Lipinski definition) is 3. The monoisotopic (exact) mass is 418 g/mol. The second-order valence-corrected chi connectivity index (χ2v) is 8.04. The maximum Gasteiger partial charge on any atom is 0.228 e. The largest absolute Gasteiger partial charge is 0.367 e. The van der Waals surface area contributed by atoms with E-state index in [9.17, 15) is 9.18 Å². The fourth-order valence-corrected chi connectivity index (χ4v) is 3.72. The number of hydrogen-bond acceptors (Lipinski definition) is 5. The van der Waals surface area contributed by atoms with Crippen LogP contribution in [0.15, 0.2) is 54.4 Å². The number of fused-ring (bicyclic) bond motifs is 1. The van der Waals surface area contributed by atoms with Crippen molar-refractivity contribution < 1.29 is 9.18 Å². The quantitative estimate of drug-likeness (QED) is 0.563. The van der Waals surface area contributed by atoms with Crippen molar-refractivity contribution in [2.45, 2.75) is 38.3 Å². The van der Waals surface area contributed by atoms with Crippen LogP contribution in [0.25, 0.3) is 11.7 Å². The summed E-state index contributed by atoms with van der Waals surface area (Å²) in [5.41, 5.74) is 3.42. The molecule has 8 heteroatoms. The van der Waals surface area contributed by atoms with Crippen LogP contribution in [0.3, 0.4) is 0 Å². The van der Waals surface area contributed by atoms with Gasteiger partial charge in [-0.2, -0.15) is 9.61 Å². The van der Waals surface area contributed by atoms with E-state index in [-0.39, 0.29) is 24.2 Å². The number of rotatable bonds is 6. The normalized spacial score (nSPS) is 18.5. The van der Waals surface area contributed by atoms with Crippen LogP contribution in [0, 0.1) is 5.82 Å². The van der Waals surface area contributed by atoms with Gasteiger partial charge in [0.1, 0.15) is 17.5 Å². The van der Waals surface area contributed by atoms with Gasteiger partial charge in [0.15, 0.2) is 5.65 Å². The van der Waals surface area contributed by atoms with Crippen LogP contribution in [0.5, 0.6) is 0 Å². The summed E-state index contributed by atoms with van der Waals surface area (Å²) in [6, 6.07) is 8.76. The van der Waals surface area contributed by atoms with Crippen molar-refractivity contribution in [3.05, 3.63) is 71.3 Å². The first-order valence-corrected chi connectivity index (χ1v) is 10.3. The highest BCUT2D eigenvalue weighted by Gasteiger charge is 2.24. The number of aromatic nitrogens is 3. The minimum absolute atomic E-state index is 0.0714. The van der Waals surface area contributed by atoms with Gasteiger partial charge in [-0.3, -0.25) is 4.79 Å². The Morgan fingerprint density at radius 3 is 2.87 bits per heavy atom. The molecular formula is C23H23FN6O. The van der Waals surface area contributed by atoms with Gasteiger partial charge in [0.05, 0.1) is 18.7 Å². The summed E-state index contributed by atoms with van der Waals surface area (Å²) in [4.78, 5) is 16.4. The molecule has 1 atom stereocenters. The fourth-order valence-electron chi connectivity index (χ4n) is 3.72. The average Bonchev–Trinajstić information content (AvgIpc) is 3.37. The summed E-state index contributed by atoms with van der Waals surface area (Å²) in [6.45, 7) is 5.80. The van der Waals surface area contributed by atoms with E-state index in [1.54, 1.807) is 22.8 Å². The van der Waals surface area contributed by atoms with Crippen LogP contribution in [0.2, 0.25) is 0 Å². The van der Waals surface area contributed by atoms with Crippen LogP contribution in [-0.2, 0) is 4.79 Å². The third kappa shape index (κ3) is 3.88. The number of halogens is 1. The molecule has 5 rings (SSSR count). The summed E-state index contributed by atoms with van der Waals surface area (Å²) in [7, 11) is 0. The molecule has 3 heterocycles. The van der Waals surface area contributed by atoms with Crippen LogP contribution < -0.4 is 16.0 Å². The molecule has 1 aromatic carbocycles. The molecule has 0 spiro atoms. The van der Waals surface area contributed by atoms with Gasteiger partial charge in [-0.15, -0.1) is 0 Å². The van der Waals surface area contributed by atoms with Crippen molar-refractivity contribution in [3.8, 4) is 0 Å². The molecule has 0 bridgehead atoms. The lowest BCUT2D eigenvalue weighted by molar-refractivity contribution is -0.118. The average molecular weight is 418 g/mol. The van der Waals surface area contributed by atoms with Crippen molar-refractivity contribution in [2.75, 3.05) is 10.6 Å². The topological polar surface area (TPSA) is 83.4 Å².